The predicted molar refractivity (Wildman–Crippen MR) is 106 cm³/mol. The summed E-state index contributed by atoms with van der Waals surface area (Å²) in [6, 6.07) is 4.95. The number of rotatable bonds is 6. The standard InChI is InChI=1S/C20H30N2O5S/c1-26-17-10-11-18(27-2)19(13-17)28(24,25)22-12-6-7-15(14-22)20(23)21-16-8-4-3-5-9-16/h10-11,13,15-16H,3-9,12,14H2,1-2H3,(H,21,23)/t15-/m1/s1. The molecule has 2 fully saturated rings. The highest BCUT2D eigenvalue weighted by Gasteiger charge is 2.35. The number of nitrogens with one attached hydrogen (secondary N) is 1. The first-order valence-corrected chi connectivity index (χ1v) is 11.4. The zero-order valence-corrected chi connectivity index (χ0v) is 17.5. The largest absolute Gasteiger partial charge is 0.497 e. The van der Waals surface area contributed by atoms with Crippen molar-refractivity contribution in [1.29, 1.82) is 0 Å². The minimum atomic E-state index is -3.79. The van der Waals surface area contributed by atoms with E-state index in [0.717, 1.165) is 25.7 Å². The van der Waals surface area contributed by atoms with Crippen LogP contribution < -0.4 is 14.8 Å². The molecule has 0 bridgehead atoms. The van der Waals surface area contributed by atoms with E-state index in [1.54, 1.807) is 12.1 Å². The number of carbonyl (C=O) groups is 1. The van der Waals surface area contributed by atoms with Gasteiger partial charge in [-0.25, -0.2) is 8.42 Å². The molecule has 1 aromatic rings. The van der Waals surface area contributed by atoms with Gasteiger partial charge in [0.2, 0.25) is 15.9 Å². The van der Waals surface area contributed by atoms with Crippen molar-refractivity contribution in [2.24, 2.45) is 5.92 Å². The zero-order valence-electron chi connectivity index (χ0n) is 16.6. The third-order valence-electron chi connectivity index (χ3n) is 5.70. The van der Waals surface area contributed by atoms with E-state index >= 15 is 0 Å². The summed E-state index contributed by atoms with van der Waals surface area (Å²) in [5.74, 6) is 0.379. The minimum Gasteiger partial charge on any atom is -0.497 e. The van der Waals surface area contributed by atoms with Gasteiger partial charge in [-0.1, -0.05) is 19.3 Å². The van der Waals surface area contributed by atoms with Crippen LogP contribution in [0, 0.1) is 5.92 Å². The number of hydrogen-bond donors (Lipinski definition) is 1. The number of sulfonamides is 1. The zero-order chi connectivity index (χ0) is 20.1. The summed E-state index contributed by atoms with van der Waals surface area (Å²) in [6.07, 6.45) is 6.92. The quantitative estimate of drug-likeness (QED) is 0.779. The summed E-state index contributed by atoms with van der Waals surface area (Å²) >= 11 is 0. The molecule has 1 saturated heterocycles. The fraction of sp³-hybridized carbons (Fsp3) is 0.650. The maximum Gasteiger partial charge on any atom is 0.246 e. The lowest BCUT2D eigenvalue weighted by Crippen LogP contribution is -2.47. The summed E-state index contributed by atoms with van der Waals surface area (Å²) in [4.78, 5) is 12.8. The number of piperidine rings is 1. The van der Waals surface area contributed by atoms with Gasteiger partial charge in [0.1, 0.15) is 16.4 Å². The third kappa shape index (κ3) is 4.60. The topological polar surface area (TPSA) is 84.9 Å². The Labute approximate surface area is 167 Å². The van der Waals surface area contributed by atoms with Crippen molar-refractivity contribution in [3.05, 3.63) is 18.2 Å². The molecule has 2 aliphatic rings. The van der Waals surface area contributed by atoms with E-state index in [1.165, 1.54) is 31.0 Å². The van der Waals surface area contributed by atoms with Crippen LogP contribution in [0.1, 0.15) is 44.9 Å². The number of ether oxygens (including phenoxy) is 2. The first-order valence-electron chi connectivity index (χ1n) is 9.98. The molecule has 28 heavy (non-hydrogen) atoms. The number of hydrogen-bond acceptors (Lipinski definition) is 5. The van der Waals surface area contributed by atoms with Gasteiger partial charge in [-0.2, -0.15) is 4.31 Å². The number of carbonyl (C=O) groups excluding carboxylic acids is 1. The summed E-state index contributed by atoms with van der Waals surface area (Å²) in [5.41, 5.74) is 0. The Morgan fingerprint density at radius 3 is 2.50 bits per heavy atom. The van der Waals surface area contributed by atoms with E-state index in [4.69, 9.17) is 9.47 Å². The van der Waals surface area contributed by atoms with Crippen LogP contribution >= 0.6 is 0 Å². The van der Waals surface area contributed by atoms with Crippen molar-refractivity contribution in [2.45, 2.75) is 55.9 Å². The van der Waals surface area contributed by atoms with E-state index in [1.807, 2.05) is 0 Å². The summed E-state index contributed by atoms with van der Waals surface area (Å²) in [6.45, 7) is 0.594. The van der Waals surface area contributed by atoms with Gasteiger partial charge in [0.25, 0.3) is 0 Å². The number of nitrogens with zero attached hydrogens (tertiary/aromatic N) is 1. The molecular formula is C20H30N2O5S. The van der Waals surface area contributed by atoms with E-state index < -0.39 is 10.0 Å². The van der Waals surface area contributed by atoms with Crippen molar-refractivity contribution < 1.29 is 22.7 Å². The summed E-state index contributed by atoms with van der Waals surface area (Å²) < 4.78 is 38.3. The molecule has 1 amide bonds. The maximum atomic E-state index is 13.3. The first-order chi connectivity index (χ1) is 13.5. The molecule has 1 aliphatic heterocycles. The molecule has 0 unspecified atom stereocenters. The van der Waals surface area contributed by atoms with E-state index in [9.17, 15) is 13.2 Å². The molecule has 1 aromatic carbocycles. The molecule has 1 heterocycles. The normalized spacial score (nSPS) is 21.9. The molecule has 7 nitrogen and oxygen atoms in total. The lowest BCUT2D eigenvalue weighted by Gasteiger charge is -2.33. The summed E-state index contributed by atoms with van der Waals surface area (Å²) in [7, 11) is -0.856. The highest BCUT2D eigenvalue weighted by molar-refractivity contribution is 7.89. The molecular weight excluding hydrogens is 380 g/mol. The highest BCUT2D eigenvalue weighted by atomic mass is 32.2. The molecule has 3 rings (SSSR count). The highest BCUT2D eigenvalue weighted by Crippen LogP contribution is 2.32. The minimum absolute atomic E-state index is 0.0237. The fourth-order valence-corrected chi connectivity index (χ4v) is 5.76. The van der Waals surface area contributed by atoms with Crippen LogP contribution in [0.15, 0.2) is 23.1 Å². The molecule has 1 aliphatic carbocycles. The lowest BCUT2D eigenvalue weighted by atomic mass is 9.93. The number of amides is 1. The molecule has 0 spiro atoms. The van der Waals surface area contributed by atoms with Gasteiger partial charge < -0.3 is 14.8 Å². The Balaban J connectivity index is 1.74. The second-order valence-electron chi connectivity index (χ2n) is 7.56. The Kier molecular flexibility index (Phi) is 6.82. The van der Waals surface area contributed by atoms with Gasteiger partial charge in [-0.3, -0.25) is 4.79 Å². The smallest absolute Gasteiger partial charge is 0.246 e. The Morgan fingerprint density at radius 1 is 1.07 bits per heavy atom. The second kappa shape index (κ2) is 9.13. The molecule has 1 atom stereocenters. The fourth-order valence-electron chi connectivity index (χ4n) is 4.07. The predicted octanol–water partition coefficient (Wildman–Crippen LogP) is 2.55. The van der Waals surface area contributed by atoms with Crippen LogP contribution in [-0.2, 0) is 14.8 Å². The van der Waals surface area contributed by atoms with Crippen molar-refractivity contribution in [3.63, 3.8) is 0 Å². The van der Waals surface area contributed by atoms with Crippen molar-refractivity contribution >= 4 is 15.9 Å². The average molecular weight is 411 g/mol. The van der Waals surface area contributed by atoms with Gasteiger partial charge in [0.05, 0.1) is 20.1 Å². The summed E-state index contributed by atoms with van der Waals surface area (Å²) in [5, 5.41) is 3.14. The Hall–Kier alpha value is -1.80. The Bertz CT molecular complexity index is 790. The number of benzene rings is 1. The molecule has 156 valence electrons. The van der Waals surface area contributed by atoms with Crippen molar-refractivity contribution in [2.75, 3.05) is 27.3 Å². The van der Waals surface area contributed by atoms with Gasteiger partial charge in [0.15, 0.2) is 0 Å². The van der Waals surface area contributed by atoms with Gasteiger partial charge in [0, 0.05) is 25.2 Å². The second-order valence-corrected chi connectivity index (χ2v) is 9.47. The number of methoxy groups -OCH3 is 2. The van der Waals surface area contributed by atoms with Crippen LogP contribution in [-0.4, -0.2) is 52.0 Å². The molecule has 0 aromatic heterocycles. The third-order valence-corrected chi connectivity index (χ3v) is 7.58. The molecule has 1 N–H and O–H groups in total. The van der Waals surface area contributed by atoms with Crippen LogP contribution in [0.25, 0.3) is 0 Å². The lowest BCUT2D eigenvalue weighted by molar-refractivity contribution is -0.127. The molecule has 0 radical (unpaired) electrons. The van der Waals surface area contributed by atoms with E-state index in [0.29, 0.717) is 25.1 Å². The first kappa shape index (κ1) is 20.9. The van der Waals surface area contributed by atoms with Crippen LogP contribution in [0.4, 0.5) is 0 Å². The molecule has 1 saturated carbocycles. The van der Waals surface area contributed by atoms with E-state index in [-0.39, 0.29) is 35.1 Å². The van der Waals surface area contributed by atoms with Crippen LogP contribution in [0.2, 0.25) is 0 Å². The maximum absolute atomic E-state index is 13.3. The monoisotopic (exact) mass is 410 g/mol. The van der Waals surface area contributed by atoms with Crippen LogP contribution in [0.3, 0.4) is 0 Å². The average Bonchev–Trinajstić information content (AvgIpc) is 2.74. The van der Waals surface area contributed by atoms with Crippen molar-refractivity contribution in [3.8, 4) is 11.5 Å². The Morgan fingerprint density at radius 2 is 1.82 bits per heavy atom. The molecule has 8 heteroatoms. The van der Waals surface area contributed by atoms with Crippen LogP contribution in [0.5, 0.6) is 11.5 Å². The van der Waals surface area contributed by atoms with Gasteiger partial charge >= 0.3 is 0 Å². The van der Waals surface area contributed by atoms with Gasteiger partial charge in [-0.05, 0) is 37.8 Å². The SMILES string of the molecule is COc1ccc(OC)c(S(=O)(=O)N2CCC[C@@H](C(=O)NC3CCCCC3)C2)c1. The van der Waals surface area contributed by atoms with Crippen molar-refractivity contribution in [1.82, 2.24) is 9.62 Å². The van der Waals surface area contributed by atoms with E-state index in [2.05, 4.69) is 5.32 Å². The van der Waals surface area contributed by atoms with Gasteiger partial charge in [-0.15, -0.1) is 0 Å².